The van der Waals surface area contributed by atoms with Crippen molar-refractivity contribution in [2.24, 2.45) is 0 Å². The van der Waals surface area contributed by atoms with Gasteiger partial charge in [-0.05, 0) is 0 Å². The van der Waals surface area contributed by atoms with Crippen molar-refractivity contribution in [2.75, 3.05) is 28.5 Å². The van der Waals surface area contributed by atoms with E-state index < -0.39 is 5.56 Å². The summed E-state index contributed by atoms with van der Waals surface area (Å²) >= 11 is 0. The molecule has 0 saturated heterocycles. The van der Waals surface area contributed by atoms with Crippen LogP contribution in [0.3, 0.4) is 0 Å². The molecule has 0 saturated carbocycles. The molecule has 12 heteroatoms. The van der Waals surface area contributed by atoms with Crippen LogP contribution in [0.5, 0.6) is 0 Å². The zero-order valence-corrected chi connectivity index (χ0v) is 11.0. The number of imidazole rings is 1. The molecule has 0 spiro atoms. The molecule has 0 bridgehead atoms. The molecule has 4 heterocycles. The highest BCUT2D eigenvalue weighted by Crippen LogP contribution is 2.27. The molecule has 12 nitrogen and oxygen atoms in total. The molecule has 0 aliphatic carbocycles. The molecule has 22 heavy (non-hydrogen) atoms. The Labute approximate surface area is 120 Å². The van der Waals surface area contributed by atoms with Gasteiger partial charge >= 0.3 is 0 Å². The van der Waals surface area contributed by atoms with Crippen LogP contribution in [0.2, 0.25) is 0 Å². The molecule has 112 valence electrons. The Morgan fingerprint density at radius 1 is 1.09 bits per heavy atom. The van der Waals surface area contributed by atoms with E-state index in [9.17, 15) is 9.59 Å². The number of aromatic nitrogens is 6. The van der Waals surface area contributed by atoms with E-state index in [2.05, 4.69) is 30.2 Å². The third kappa shape index (κ3) is 1.54. The van der Waals surface area contributed by atoms with Crippen LogP contribution in [-0.2, 0) is 0 Å². The number of H-pyrrole nitrogens is 2. The minimum Gasteiger partial charge on any atom is -0.369 e. The first-order valence-electron chi connectivity index (χ1n) is 6.19. The van der Waals surface area contributed by atoms with E-state index in [0.717, 1.165) is 0 Å². The van der Waals surface area contributed by atoms with E-state index in [1.54, 1.807) is 5.01 Å². The average molecular weight is 302 g/mol. The summed E-state index contributed by atoms with van der Waals surface area (Å²) in [6.07, 6.45) is 1.39. The summed E-state index contributed by atoms with van der Waals surface area (Å²) in [4.78, 5) is 40.6. The number of nitrogen functional groups attached to an aromatic ring is 2. The number of nitrogens with two attached hydrogens (primary N) is 2. The number of nitrogens with one attached hydrogen (secondary N) is 3. The Morgan fingerprint density at radius 3 is 2.64 bits per heavy atom. The van der Waals surface area contributed by atoms with Crippen molar-refractivity contribution >= 4 is 34.6 Å². The average Bonchev–Trinajstić information content (AvgIpc) is 3.02. The summed E-state index contributed by atoms with van der Waals surface area (Å²) in [5, 5.41) is 4.47. The van der Waals surface area contributed by atoms with E-state index >= 15 is 0 Å². The van der Waals surface area contributed by atoms with Gasteiger partial charge in [0, 0.05) is 0 Å². The SMILES string of the molecule is Nc1nc2c(c(=O)[nH]1)NCN2n1cnc2c(=O)[nH]c(N)nc21. The van der Waals surface area contributed by atoms with Gasteiger partial charge in [0.2, 0.25) is 11.9 Å². The number of hydrogen-bond acceptors (Lipinski definition) is 9. The predicted octanol–water partition coefficient (Wildman–Crippen LogP) is -1.98. The van der Waals surface area contributed by atoms with Crippen molar-refractivity contribution in [2.45, 2.75) is 0 Å². The van der Waals surface area contributed by atoms with Crippen molar-refractivity contribution in [3.05, 3.63) is 27.0 Å². The molecule has 3 aromatic heterocycles. The van der Waals surface area contributed by atoms with E-state index in [1.165, 1.54) is 11.0 Å². The molecule has 4 rings (SSSR count). The van der Waals surface area contributed by atoms with Crippen LogP contribution in [0, 0.1) is 0 Å². The lowest BCUT2D eigenvalue weighted by molar-refractivity contribution is 0.743. The number of aromatic amines is 2. The van der Waals surface area contributed by atoms with Gasteiger partial charge in [-0.1, -0.05) is 0 Å². The molecular weight excluding hydrogens is 292 g/mol. The third-order valence-electron chi connectivity index (χ3n) is 3.24. The van der Waals surface area contributed by atoms with Crippen molar-refractivity contribution in [1.29, 1.82) is 0 Å². The van der Waals surface area contributed by atoms with Crippen LogP contribution < -0.4 is 32.9 Å². The summed E-state index contributed by atoms with van der Waals surface area (Å²) in [7, 11) is 0. The summed E-state index contributed by atoms with van der Waals surface area (Å²) < 4.78 is 1.48. The summed E-state index contributed by atoms with van der Waals surface area (Å²) in [6, 6.07) is 0. The third-order valence-corrected chi connectivity index (χ3v) is 3.24. The number of fused-ring (bicyclic) bond motifs is 2. The molecular formula is C10H10N10O2. The Bertz CT molecular complexity index is 1010. The summed E-state index contributed by atoms with van der Waals surface area (Å²) in [5.41, 5.74) is 10.9. The highest BCUT2D eigenvalue weighted by Gasteiger charge is 2.27. The van der Waals surface area contributed by atoms with Gasteiger partial charge in [0.1, 0.15) is 18.7 Å². The highest BCUT2D eigenvalue weighted by molar-refractivity contribution is 5.75. The minimum absolute atomic E-state index is 0.0211. The smallest absolute Gasteiger partial charge is 0.280 e. The molecule has 0 aromatic carbocycles. The molecule has 0 atom stereocenters. The zero-order valence-electron chi connectivity index (χ0n) is 11.0. The molecule has 3 aromatic rings. The second-order valence-corrected chi connectivity index (χ2v) is 4.60. The normalized spacial score (nSPS) is 13.4. The Kier molecular flexibility index (Phi) is 2.20. The lowest BCUT2D eigenvalue weighted by Crippen LogP contribution is -2.30. The lowest BCUT2D eigenvalue weighted by Gasteiger charge is -2.17. The van der Waals surface area contributed by atoms with Gasteiger partial charge in [-0.2, -0.15) is 9.97 Å². The number of hydrogen-bond donors (Lipinski definition) is 5. The molecule has 1 aliphatic rings. The Hall–Kier alpha value is -3.57. The maximum absolute atomic E-state index is 11.8. The Balaban J connectivity index is 1.97. The summed E-state index contributed by atoms with van der Waals surface area (Å²) in [5.74, 6) is 0.249. The number of nitrogens with zero attached hydrogens (tertiary/aromatic N) is 5. The first-order valence-corrected chi connectivity index (χ1v) is 6.19. The molecule has 0 fully saturated rings. The standard InChI is InChI=1S/C10H10N10O2/c11-9-15-5-3(7(21)17-9)13-1-19(5)20-2-14-4-6(20)16-10(12)18-8(4)22/h1,14H,2H2,(H3,11,15,17,21)(H3,12,16,18,22). The van der Waals surface area contributed by atoms with Gasteiger partial charge in [0.25, 0.3) is 11.1 Å². The van der Waals surface area contributed by atoms with E-state index in [1.807, 2.05) is 0 Å². The maximum atomic E-state index is 11.8. The van der Waals surface area contributed by atoms with Crippen LogP contribution in [0.1, 0.15) is 0 Å². The van der Waals surface area contributed by atoms with Crippen LogP contribution in [0.15, 0.2) is 15.9 Å². The predicted molar refractivity (Wildman–Crippen MR) is 78.2 cm³/mol. The monoisotopic (exact) mass is 302 g/mol. The van der Waals surface area contributed by atoms with Gasteiger partial charge in [0.15, 0.2) is 17.0 Å². The molecule has 0 unspecified atom stereocenters. The van der Waals surface area contributed by atoms with E-state index in [4.69, 9.17) is 11.5 Å². The van der Waals surface area contributed by atoms with Crippen molar-refractivity contribution in [3.63, 3.8) is 0 Å². The topological polar surface area (TPSA) is 177 Å². The molecule has 0 amide bonds. The second kappa shape index (κ2) is 3.97. The fourth-order valence-electron chi connectivity index (χ4n) is 2.32. The van der Waals surface area contributed by atoms with Crippen LogP contribution in [0.25, 0.3) is 11.2 Å². The molecule has 1 aliphatic heterocycles. The first kappa shape index (κ1) is 12.2. The van der Waals surface area contributed by atoms with Gasteiger partial charge in [0.05, 0.1) is 0 Å². The zero-order chi connectivity index (χ0) is 15.4. The van der Waals surface area contributed by atoms with E-state index in [0.29, 0.717) is 5.82 Å². The van der Waals surface area contributed by atoms with Crippen LogP contribution in [-0.4, -0.2) is 36.3 Å². The molecule has 7 N–H and O–H groups in total. The minimum atomic E-state index is -0.452. The summed E-state index contributed by atoms with van der Waals surface area (Å²) in [6.45, 7) is 0.231. The van der Waals surface area contributed by atoms with Gasteiger partial charge < -0.3 is 16.8 Å². The van der Waals surface area contributed by atoms with E-state index in [-0.39, 0.29) is 41.0 Å². The van der Waals surface area contributed by atoms with Gasteiger partial charge in [-0.15, -0.1) is 0 Å². The molecule has 0 radical (unpaired) electrons. The first-order chi connectivity index (χ1) is 10.5. The highest BCUT2D eigenvalue weighted by atomic mass is 16.1. The van der Waals surface area contributed by atoms with Crippen molar-refractivity contribution < 1.29 is 0 Å². The maximum Gasteiger partial charge on any atom is 0.280 e. The fourth-order valence-corrected chi connectivity index (χ4v) is 2.32. The Morgan fingerprint density at radius 2 is 1.82 bits per heavy atom. The van der Waals surface area contributed by atoms with Crippen LogP contribution in [0.4, 0.5) is 23.4 Å². The van der Waals surface area contributed by atoms with Crippen LogP contribution >= 0.6 is 0 Å². The van der Waals surface area contributed by atoms with Gasteiger partial charge in [-0.25, -0.2) is 14.7 Å². The number of rotatable bonds is 1. The largest absolute Gasteiger partial charge is 0.369 e. The number of anilines is 4. The van der Waals surface area contributed by atoms with Gasteiger partial charge in [-0.3, -0.25) is 19.6 Å². The lowest BCUT2D eigenvalue weighted by atomic mass is 10.5. The fraction of sp³-hybridized carbons (Fsp3) is 0.100. The van der Waals surface area contributed by atoms with Crippen molar-refractivity contribution in [1.82, 2.24) is 29.6 Å². The van der Waals surface area contributed by atoms with Crippen molar-refractivity contribution in [3.8, 4) is 0 Å². The second-order valence-electron chi connectivity index (χ2n) is 4.60. The quantitative estimate of drug-likeness (QED) is 0.340.